The lowest BCUT2D eigenvalue weighted by Crippen LogP contribution is -2.37. The van der Waals surface area contributed by atoms with Crippen molar-refractivity contribution in [3.63, 3.8) is 0 Å². The van der Waals surface area contributed by atoms with E-state index in [9.17, 15) is 4.39 Å². The van der Waals surface area contributed by atoms with Gasteiger partial charge in [0.1, 0.15) is 5.82 Å². The summed E-state index contributed by atoms with van der Waals surface area (Å²) >= 11 is 0. The molecule has 2 aromatic rings. The summed E-state index contributed by atoms with van der Waals surface area (Å²) in [6.45, 7) is 2.89. The van der Waals surface area contributed by atoms with E-state index < -0.39 is 0 Å². The summed E-state index contributed by atoms with van der Waals surface area (Å²) in [5.41, 5.74) is 0.852. The number of nitrogens with zero attached hydrogens (tertiary/aromatic N) is 3. The molecule has 22 heavy (non-hydrogen) atoms. The average molecular weight is 419 g/mol. The molecule has 0 aliphatic heterocycles. The van der Waals surface area contributed by atoms with Gasteiger partial charge in [0, 0.05) is 26.6 Å². The van der Waals surface area contributed by atoms with E-state index in [1.165, 1.54) is 12.1 Å². The van der Waals surface area contributed by atoms with Crippen LogP contribution in [0.2, 0.25) is 0 Å². The first-order chi connectivity index (χ1) is 10.2. The highest BCUT2D eigenvalue weighted by Crippen LogP contribution is 2.02. The van der Waals surface area contributed by atoms with Crippen molar-refractivity contribution in [2.45, 2.75) is 19.9 Å². The highest BCUT2D eigenvalue weighted by atomic mass is 127. The van der Waals surface area contributed by atoms with E-state index >= 15 is 0 Å². The molecule has 0 amide bonds. The molecule has 0 aliphatic carbocycles. The molecule has 0 atom stereocenters. The van der Waals surface area contributed by atoms with Gasteiger partial charge in [-0.1, -0.05) is 17.3 Å². The SMILES string of the molecule is CN=C(NCCc1nc(C)no1)NCc1cccc(F)c1.I. The lowest BCUT2D eigenvalue weighted by atomic mass is 10.2. The third-order valence-electron chi connectivity index (χ3n) is 2.77. The molecule has 0 spiro atoms. The van der Waals surface area contributed by atoms with Gasteiger partial charge in [-0.05, 0) is 24.6 Å². The second-order valence-corrected chi connectivity index (χ2v) is 4.47. The van der Waals surface area contributed by atoms with Crippen LogP contribution in [0.3, 0.4) is 0 Å². The summed E-state index contributed by atoms with van der Waals surface area (Å²) in [6.07, 6.45) is 0.613. The van der Waals surface area contributed by atoms with E-state index in [2.05, 4.69) is 25.8 Å². The van der Waals surface area contributed by atoms with Gasteiger partial charge in [0.05, 0.1) is 0 Å². The third-order valence-corrected chi connectivity index (χ3v) is 2.77. The maximum Gasteiger partial charge on any atom is 0.228 e. The van der Waals surface area contributed by atoms with E-state index in [0.717, 1.165) is 5.56 Å². The Morgan fingerprint density at radius 3 is 2.82 bits per heavy atom. The molecule has 120 valence electrons. The Labute approximate surface area is 145 Å². The summed E-state index contributed by atoms with van der Waals surface area (Å²) in [4.78, 5) is 8.21. The molecule has 0 saturated carbocycles. The van der Waals surface area contributed by atoms with Crippen molar-refractivity contribution in [3.8, 4) is 0 Å². The number of guanidine groups is 1. The highest BCUT2D eigenvalue weighted by Gasteiger charge is 2.03. The molecule has 1 heterocycles. The zero-order valence-corrected chi connectivity index (χ0v) is 14.8. The Morgan fingerprint density at radius 2 is 2.18 bits per heavy atom. The van der Waals surface area contributed by atoms with Crippen molar-refractivity contribution in [3.05, 3.63) is 47.4 Å². The number of aromatic nitrogens is 2. The van der Waals surface area contributed by atoms with Crippen LogP contribution in [0.25, 0.3) is 0 Å². The number of aryl methyl sites for hydroxylation is 1. The molecule has 0 fully saturated rings. The number of rotatable bonds is 5. The number of aliphatic imine (C=N–C) groups is 1. The van der Waals surface area contributed by atoms with Crippen LogP contribution in [0, 0.1) is 12.7 Å². The van der Waals surface area contributed by atoms with Crippen LogP contribution in [0.1, 0.15) is 17.3 Å². The number of halogens is 2. The third kappa shape index (κ3) is 5.96. The van der Waals surface area contributed by atoms with E-state index in [-0.39, 0.29) is 29.8 Å². The summed E-state index contributed by atoms with van der Waals surface area (Å²) in [6, 6.07) is 6.44. The van der Waals surface area contributed by atoms with Crippen LogP contribution in [-0.2, 0) is 13.0 Å². The van der Waals surface area contributed by atoms with Gasteiger partial charge in [-0.2, -0.15) is 4.98 Å². The molecule has 6 nitrogen and oxygen atoms in total. The lowest BCUT2D eigenvalue weighted by Gasteiger charge is -2.11. The fraction of sp³-hybridized carbons (Fsp3) is 0.357. The van der Waals surface area contributed by atoms with Gasteiger partial charge in [-0.25, -0.2) is 4.39 Å². The van der Waals surface area contributed by atoms with Gasteiger partial charge in [0.2, 0.25) is 5.89 Å². The first-order valence-electron chi connectivity index (χ1n) is 6.65. The maximum atomic E-state index is 13.1. The van der Waals surface area contributed by atoms with Crippen molar-refractivity contribution >= 4 is 29.9 Å². The fourth-order valence-electron chi connectivity index (χ4n) is 1.78. The van der Waals surface area contributed by atoms with Crippen molar-refractivity contribution in [2.75, 3.05) is 13.6 Å². The zero-order chi connectivity index (χ0) is 15.1. The smallest absolute Gasteiger partial charge is 0.228 e. The van der Waals surface area contributed by atoms with Crippen LogP contribution in [0.4, 0.5) is 4.39 Å². The minimum Gasteiger partial charge on any atom is -0.356 e. The summed E-state index contributed by atoms with van der Waals surface area (Å²) in [5.74, 6) is 1.60. The first kappa shape index (κ1) is 18.3. The predicted octanol–water partition coefficient (Wildman–Crippen LogP) is 2.04. The standard InChI is InChI=1S/C14H18FN5O.HI/c1-10-19-13(21-20-10)6-7-17-14(16-2)18-9-11-4-3-5-12(15)8-11;/h3-5,8H,6-7,9H2,1-2H3,(H2,16,17,18);1H. The Kier molecular flexibility index (Phi) is 7.78. The summed E-state index contributed by atoms with van der Waals surface area (Å²) < 4.78 is 18.1. The normalized spacial score (nSPS) is 11.0. The van der Waals surface area contributed by atoms with Crippen molar-refractivity contribution in [1.82, 2.24) is 20.8 Å². The molecular weight excluding hydrogens is 400 g/mol. The monoisotopic (exact) mass is 419 g/mol. The molecule has 0 bridgehead atoms. The van der Waals surface area contributed by atoms with Gasteiger partial charge in [0.15, 0.2) is 11.8 Å². The number of hydrogen-bond donors (Lipinski definition) is 2. The Hall–Kier alpha value is -1.71. The van der Waals surface area contributed by atoms with Gasteiger partial charge >= 0.3 is 0 Å². The van der Waals surface area contributed by atoms with Crippen molar-refractivity contribution in [2.24, 2.45) is 4.99 Å². The topological polar surface area (TPSA) is 75.3 Å². The number of nitrogens with one attached hydrogen (secondary N) is 2. The molecule has 2 rings (SSSR count). The van der Waals surface area contributed by atoms with Crippen molar-refractivity contribution in [1.29, 1.82) is 0 Å². The zero-order valence-electron chi connectivity index (χ0n) is 12.5. The van der Waals surface area contributed by atoms with Crippen LogP contribution >= 0.6 is 24.0 Å². The van der Waals surface area contributed by atoms with Crippen LogP contribution in [-0.4, -0.2) is 29.7 Å². The Bertz CT molecular complexity index is 617. The van der Waals surface area contributed by atoms with Crippen molar-refractivity contribution < 1.29 is 8.91 Å². The van der Waals surface area contributed by atoms with E-state index in [1.54, 1.807) is 20.0 Å². The fourth-order valence-corrected chi connectivity index (χ4v) is 1.78. The van der Waals surface area contributed by atoms with Gasteiger partial charge in [0.25, 0.3) is 0 Å². The van der Waals surface area contributed by atoms with Crippen LogP contribution < -0.4 is 10.6 Å². The molecule has 0 aliphatic rings. The first-order valence-corrected chi connectivity index (χ1v) is 6.65. The Balaban J connectivity index is 0.00000242. The second-order valence-electron chi connectivity index (χ2n) is 4.47. The molecule has 2 N–H and O–H groups in total. The number of hydrogen-bond acceptors (Lipinski definition) is 4. The number of benzene rings is 1. The van der Waals surface area contributed by atoms with Gasteiger partial charge in [-0.3, -0.25) is 4.99 Å². The molecule has 0 unspecified atom stereocenters. The van der Waals surface area contributed by atoms with E-state index in [0.29, 0.717) is 37.2 Å². The average Bonchev–Trinajstić information content (AvgIpc) is 2.88. The minimum atomic E-state index is -0.246. The Morgan fingerprint density at radius 1 is 1.36 bits per heavy atom. The molecule has 0 saturated heterocycles. The second kappa shape index (κ2) is 9.34. The molecular formula is C14H19FIN5O. The maximum absolute atomic E-state index is 13.1. The van der Waals surface area contributed by atoms with Gasteiger partial charge in [-0.15, -0.1) is 24.0 Å². The van der Waals surface area contributed by atoms with E-state index in [4.69, 9.17) is 4.52 Å². The van der Waals surface area contributed by atoms with E-state index in [1.807, 2.05) is 6.07 Å². The molecule has 8 heteroatoms. The lowest BCUT2D eigenvalue weighted by molar-refractivity contribution is 0.374. The highest BCUT2D eigenvalue weighted by molar-refractivity contribution is 14.0. The molecule has 1 aromatic carbocycles. The minimum absolute atomic E-state index is 0. The predicted molar refractivity (Wildman–Crippen MR) is 92.8 cm³/mol. The summed E-state index contributed by atoms with van der Waals surface area (Å²) in [7, 11) is 1.68. The van der Waals surface area contributed by atoms with Gasteiger partial charge < -0.3 is 15.2 Å². The summed E-state index contributed by atoms with van der Waals surface area (Å²) in [5, 5.41) is 9.96. The van der Waals surface area contributed by atoms with Crippen LogP contribution in [0.15, 0.2) is 33.8 Å². The molecule has 1 aromatic heterocycles. The van der Waals surface area contributed by atoms with Crippen LogP contribution in [0.5, 0.6) is 0 Å². The quantitative estimate of drug-likeness (QED) is 0.441. The molecule has 0 radical (unpaired) electrons. The largest absolute Gasteiger partial charge is 0.356 e.